The van der Waals surface area contributed by atoms with Crippen LogP contribution in [0, 0.1) is 11.3 Å². The third kappa shape index (κ3) is 4.34. The summed E-state index contributed by atoms with van der Waals surface area (Å²) in [5.41, 5.74) is 2.02. The minimum atomic E-state index is -0.563. The Kier molecular flexibility index (Phi) is 4.91. The van der Waals surface area contributed by atoms with Crippen molar-refractivity contribution in [2.75, 3.05) is 11.9 Å². The molecule has 0 saturated carbocycles. The maximum absolute atomic E-state index is 11.1. The first-order valence-corrected chi connectivity index (χ1v) is 6.34. The maximum Gasteiger partial charge on any atom is 0.250 e. The highest BCUT2D eigenvalue weighted by molar-refractivity contribution is 5.91. The Labute approximate surface area is 122 Å². The molecule has 2 aromatic carbocycles. The van der Waals surface area contributed by atoms with Gasteiger partial charge < -0.3 is 15.2 Å². The van der Waals surface area contributed by atoms with Crippen LogP contribution in [0.3, 0.4) is 0 Å². The number of aliphatic hydroxyl groups excluding tert-OH is 1. The van der Waals surface area contributed by atoms with Crippen molar-refractivity contribution >= 4 is 11.6 Å². The smallest absolute Gasteiger partial charge is 0.250 e. The molecule has 0 fully saturated rings. The van der Waals surface area contributed by atoms with E-state index in [9.17, 15) is 4.79 Å². The first kappa shape index (κ1) is 14.6. The van der Waals surface area contributed by atoms with Crippen LogP contribution in [0.5, 0.6) is 5.75 Å². The molecule has 0 unspecified atom stereocenters. The summed E-state index contributed by atoms with van der Waals surface area (Å²) >= 11 is 0. The highest BCUT2D eigenvalue weighted by Crippen LogP contribution is 2.18. The van der Waals surface area contributed by atoms with Crippen molar-refractivity contribution in [3.05, 3.63) is 59.7 Å². The third-order valence-corrected chi connectivity index (χ3v) is 2.72. The van der Waals surface area contributed by atoms with E-state index in [4.69, 9.17) is 15.1 Å². The molecular formula is C16H14N2O3. The number of hydrogen-bond acceptors (Lipinski definition) is 4. The molecule has 0 atom stereocenters. The lowest BCUT2D eigenvalue weighted by atomic mass is 10.1. The third-order valence-electron chi connectivity index (χ3n) is 2.72. The number of anilines is 1. The van der Waals surface area contributed by atoms with Crippen LogP contribution in [0.2, 0.25) is 0 Å². The summed E-state index contributed by atoms with van der Waals surface area (Å²) in [6, 6.07) is 16.1. The van der Waals surface area contributed by atoms with E-state index in [-0.39, 0.29) is 0 Å². The first-order valence-electron chi connectivity index (χ1n) is 6.34. The molecule has 1 amide bonds. The molecule has 0 radical (unpaired) electrons. The van der Waals surface area contributed by atoms with E-state index in [2.05, 4.69) is 11.4 Å². The van der Waals surface area contributed by atoms with E-state index in [1.807, 2.05) is 6.07 Å². The van der Waals surface area contributed by atoms with Crippen LogP contribution in [-0.2, 0) is 11.4 Å². The van der Waals surface area contributed by atoms with E-state index < -0.39 is 12.5 Å². The van der Waals surface area contributed by atoms with Gasteiger partial charge in [-0.2, -0.15) is 5.26 Å². The molecule has 0 bridgehead atoms. The predicted molar refractivity (Wildman–Crippen MR) is 77.6 cm³/mol. The Morgan fingerprint density at radius 1 is 1.24 bits per heavy atom. The Hall–Kier alpha value is -2.84. The van der Waals surface area contributed by atoms with Crippen LogP contribution in [0.25, 0.3) is 0 Å². The molecule has 2 N–H and O–H groups in total. The lowest BCUT2D eigenvalue weighted by molar-refractivity contribution is -0.118. The van der Waals surface area contributed by atoms with E-state index in [0.29, 0.717) is 23.6 Å². The minimum Gasteiger partial charge on any atom is -0.489 e. The molecule has 0 aliphatic rings. The molecule has 21 heavy (non-hydrogen) atoms. The normalized spacial score (nSPS) is 9.71. The van der Waals surface area contributed by atoms with Crippen LogP contribution in [0.1, 0.15) is 11.1 Å². The van der Waals surface area contributed by atoms with Gasteiger partial charge in [-0.05, 0) is 29.8 Å². The summed E-state index contributed by atoms with van der Waals surface area (Å²) in [4.78, 5) is 11.1. The summed E-state index contributed by atoms with van der Waals surface area (Å²) in [5, 5.41) is 20.1. The number of amides is 1. The van der Waals surface area contributed by atoms with Gasteiger partial charge in [0.15, 0.2) is 0 Å². The number of carbonyl (C=O) groups is 1. The van der Waals surface area contributed by atoms with Gasteiger partial charge in [0.05, 0.1) is 11.6 Å². The fourth-order valence-corrected chi connectivity index (χ4v) is 1.76. The average Bonchev–Trinajstić information content (AvgIpc) is 2.53. The zero-order valence-electron chi connectivity index (χ0n) is 11.2. The summed E-state index contributed by atoms with van der Waals surface area (Å²) in [6.07, 6.45) is 0. The van der Waals surface area contributed by atoms with Crippen LogP contribution in [-0.4, -0.2) is 17.6 Å². The Morgan fingerprint density at radius 3 is 2.81 bits per heavy atom. The SMILES string of the molecule is N#Cc1cccc(COc2cccc(NC(=O)CO)c2)c1. The van der Waals surface area contributed by atoms with Gasteiger partial charge in [0.2, 0.25) is 5.91 Å². The van der Waals surface area contributed by atoms with Gasteiger partial charge in [-0.1, -0.05) is 18.2 Å². The number of ether oxygens (including phenoxy) is 1. The second-order valence-corrected chi connectivity index (χ2v) is 4.33. The molecule has 2 aromatic rings. The summed E-state index contributed by atoms with van der Waals surface area (Å²) in [5.74, 6) is 0.113. The van der Waals surface area contributed by atoms with Crippen molar-refractivity contribution in [1.82, 2.24) is 0 Å². The van der Waals surface area contributed by atoms with Gasteiger partial charge >= 0.3 is 0 Å². The van der Waals surface area contributed by atoms with Crippen LogP contribution in [0.4, 0.5) is 5.69 Å². The minimum absolute atomic E-state index is 0.326. The number of nitriles is 1. The highest BCUT2D eigenvalue weighted by Gasteiger charge is 2.02. The summed E-state index contributed by atoms with van der Waals surface area (Å²) < 4.78 is 5.62. The number of hydrogen-bond donors (Lipinski definition) is 2. The number of rotatable bonds is 5. The number of aliphatic hydroxyl groups is 1. The van der Waals surface area contributed by atoms with E-state index >= 15 is 0 Å². The number of nitrogens with one attached hydrogen (secondary N) is 1. The van der Waals surface area contributed by atoms with Crippen LogP contribution in [0.15, 0.2) is 48.5 Å². The monoisotopic (exact) mass is 282 g/mol. The van der Waals surface area contributed by atoms with Gasteiger partial charge in [0.25, 0.3) is 0 Å². The molecule has 0 aliphatic carbocycles. The Bertz CT molecular complexity index is 677. The summed E-state index contributed by atoms with van der Waals surface area (Å²) in [6.45, 7) is -0.237. The predicted octanol–water partition coefficient (Wildman–Crippen LogP) is 2.07. The quantitative estimate of drug-likeness (QED) is 0.879. The molecule has 5 nitrogen and oxygen atoms in total. The number of benzene rings is 2. The van der Waals surface area contributed by atoms with Crippen molar-refractivity contribution in [2.45, 2.75) is 6.61 Å². The number of carbonyl (C=O) groups excluding carboxylic acids is 1. The summed E-state index contributed by atoms with van der Waals surface area (Å²) in [7, 11) is 0. The van der Waals surface area contributed by atoms with Gasteiger partial charge in [-0.15, -0.1) is 0 Å². The fraction of sp³-hybridized carbons (Fsp3) is 0.125. The lowest BCUT2D eigenvalue weighted by Gasteiger charge is -2.09. The zero-order chi connectivity index (χ0) is 15.1. The molecule has 2 rings (SSSR count). The van der Waals surface area contributed by atoms with Crippen molar-refractivity contribution in [3.8, 4) is 11.8 Å². The second-order valence-electron chi connectivity index (χ2n) is 4.33. The van der Waals surface area contributed by atoms with Crippen molar-refractivity contribution < 1.29 is 14.6 Å². The maximum atomic E-state index is 11.1. The molecule has 0 heterocycles. The molecular weight excluding hydrogens is 268 g/mol. The molecule has 0 aromatic heterocycles. The van der Waals surface area contributed by atoms with Crippen LogP contribution < -0.4 is 10.1 Å². The van der Waals surface area contributed by atoms with Gasteiger partial charge in [-0.3, -0.25) is 4.79 Å². The zero-order valence-corrected chi connectivity index (χ0v) is 11.2. The molecule has 0 aliphatic heterocycles. The standard InChI is InChI=1S/C16H14N2O3/c17-9-12-3-1-4-13(7-12)11-21-15-6-2-5-14(8-15)18-16(20)10-19/h1-8,19H,10-11H2,(H,18,20). The average molecular weight is 282 g/mol. The van der Waals surface area contributed by atoms with Crippen LogP contribution >= 0.6 is 0 Å². The highest BCUT2D eigenvalue weighted by atomic mass is 16.5. The van der Waals surface area contributed by atoms with Gasteiger partial charge in [0.1, 0.15) is 19.0 Å². The first-order chi connectivity index (χ1) is 10.2. The van der Waals surface area contributed by atoms with Gasteiger partial charge in [-0.25, -0.2) is 0 Å². The topological polar surface area (TPSA) is 82.3 Å². The Balaban J connectivity index is 2.01. The fourth-order valence-electron chi connectivity index (χ4n) is 1.76. The van der Waals surface area contributed by atoms with E-state index in [1.54, 1.807) is 42.5 Å². The Morgan fingerprint density at radius 2 is 2.05 bits per heavy atom. The second kappa shape index (κ2) is 7.08. The van der Waals surface area contributed by atoms with Crippen molar-refractivity contribution in [1.29, 1.82) is 5.26 Å². The van der Waals surface area contributed by atoms with E-state index in [1.165, 1.54) is 0 Å². The van der Waals surface area contributed by atoms with E-state index in [0.717, 1.165) is 5.56 Å². The molecule has 0 spiro atoms. The largest absolute Gasteiger partial charge is 0.489 e. The van der Waals surface area contributed by atoms with Crippen molar-refractivity contribution in [3.63, 3.8) is 0 Å². The van der Waals surface area contributed by atoms with Gasteiger partial charge in [0, 0.05) is 11.8 Å². The van der Waals surface area contributed by atoms with Crippen molar-refractivity contribution in [2.24, 2.45) is 0 Å². The molecule has 0 saturated heterocycles. The number of nitrogens with zero attached hydrogens (tertiary/aromatic N) is 1. The lowest BCUT2D eigenvalue weighted by Crippen LogP contribution is -2.15. The molecule has 106 valence electrons. The molecule has 5 heteroatoms.